The van der Waals surface area contributed by atoms with Gasteiger partial charge in [0.2, 0.25) is 0 Å². The number of aliphatic hydroxyl groups excluding tert-OH is 1. The van der Waals surface area contributed by atoms with Crippen LogP contribution >= 0.6 is 23.2 Å². The topological polar surface area (TPSA) is 59.1 Å². The SMILES string of the molecule is N[C@H](CO)c1ccc(Cl)nc1Cl. The lowest BCUT2D eigenvalue weighted by atomic mass is 10.1. The molecule has 0 aliphatic heterocycles. The summed E-state index contributed by atoms with van der Waals surface area (Å²) >= 11 is 11.3. The summed E-state index contributed by atoms with van der Waals surface area (Å²) in [5, 5.41) is 9.29. The van der Waals surface area contributed by atoms with Crippen LogP contribution in [0.2, 0.25) is 10.3 Å². The van der Waals surface area contributed by atoms with Crippen LogP contribution in [0, 0.1) is 0 Å². The summed E-state index contributed by atoms with van der Waals surface area (Å²) in [5.41, 5.74) is 6.13. The third kappa shape index (κ3) is 2.08. The highest BCUT2D eigenvalue weighted by Crippen LogP contribution is 2.21. The third-order valence-corrected chi connectivity index (χ3v) is 1.95. The van der Waals surface area contributed by atoms with Crippen molar-refractivity contribution in [3.8, 4) is 0 Å². The largest absolute Gasteiger partial charge is 0.394 e. The van der Waals surface area contributed by atoms with Gasteiger partial charge in [0, 0.05) is 5.56 Å². The van der Waals surface area contributed by atoms with Crippen molar-refractivity contribution in [3.63, 3.8) is 0 Å². The van der Waals surface area contributed by atoms with Crippen molar-refractivity contribution in [1.82, 2.24) is 4.98 Å². The van der Waals surface area contributed by atoms with Crippen molar-refractivity contribution < 1.29 is 5.11 Å². The molecule has 1 aromatic heterocycles. The highest BCUT2D eigenvalue weighted by atomic mass is 35.5. The molecule has 0 amide bonds. The van der Waals surface area contributed by atoms with E-state index in [9.17, 15) is 0 Å². The molecule has 0 unspecified atom stereocenters. The van der Waals surface area contributed by atoms with Gasteiger partial charge in [-0.2, -0.15) is 0 Å². The Kier molecular flexibility index (Phi) is 3.29. The number of hydrogen-bond donors (Lipinski definition) is 2. The van der Waals surface area contributed by atoms with E-state index in [1.165, 1.54) is 0 Å². The maximum Gasteiger partial charge on any atom is 0.135 e. The van der Waals surface area contributed by atoms with Crippen LogP contribution in [0.5, 0.6) is 0 Å². The average Bonchev–Trinajstić information content (AvgIpc) is 2.03. The monoisotopic (exact) mass is 206 g/mol. The van der Waals surface area contributed by atoms with Crippen molar-refractivity contribution in [2.24, 2.45) is 5.73 Å². The predicted molar refractivity (Wildman–Crippen MR) is 48.3 cm³/mol. The predicted octanol–water partition coefficient (Wildman–Crippen LogP) is 1.38. The molecular weight excluding hydrogens is 199 g/mol. The van der Waals surface area contributed by atoms with Crippen LogP contribution in [0.3, 0.4) is 0 Å². The molecule has 5 heteroatoms. The Labute approximate surface area is 80.1 Å². The van der Waals surface area contributed by atoms with E-state index in [4.69, 9.17) is 34.0 Å². The number of rotatable bonds is 2. The quantitative estimate of drug-likeness (QED) is 0.720. The van der Waals surface area contributed by atoms with Crippen LogP contribution in [0.15, 0.2) is 12.1 Å². The molecule has 1 rings (SSSR count). The number of nitrogens with two attached hydrogens (primary N) is 1. The first kappa shape index (κ1) is 9.74. The van der Waals surface area contributed by atoms with Gasteiger partial charge in [-0.3, -0.25) is 0 Å². The molecule has 0 spiro atoms. The summed E-state index contributed by atoms with van der Waals surface area (Å²) in [7, 11) is 0. The van der Waals surface area contributed by atoms with Gasteiger partial charge in [0.1, 0.15) is 10.3 Å². The van der Waals surface area contributed by atoms with E-state index in [2.05, 4.69) is 4.98 Å². The summed E-state index contributed by atoms with van der Waals surface area (Å²) in [6.45, 7) is -0.164. The molecule has 0 aliphatic carbocycles. The van der Waals surface area contributed by atoms with Crippen molar-refractivity contribution in [1.29, 1.82) is 0 Å². The van der Waals surface area contributed by atoms with Gasteiger partial charge in [-0.15, -0.1) is 0 Å². The third-order valence-electron chi connectivity index (χ3n) is 1.44. The molecule has 66 valence electrons. The Bertz CT molecular complexity index is 280. The van der Waals surface area contributed by atoms with Gasteiger partial charge < -0.3 is 10.8 Å². The number of hydrogen-bond acceptors (Lipinski definition) is 3. The molecule has 3 nitrogen and oxygen atoms in total. The first-order valence-electron chi connectivity index (χ1n) is 3.33. The summed E-state index contributed by atoms with van der Waals surface area (Å²) in [6, 6.07) is 2.74. The number of aliphatic hydroxyl groups is 1. The van der Waals surface area contributed by atoms with E-state index in [1.807, 2.05) is 0 Å². The molecule has 0 saturated heterocycles. The molecule has 1 aromatic rings. The minimum Gasteiger partial charge on any atom is -0.394 e. The molecule has 0 aromatic carbocycles. The van der Waals surface area contributed by atoms with Gasteiger partial charge in [-0.1, -0.05) is 29.3 Å². The van der Waals surface area contributed by atoms with Crippen LogP contribution < -0.4 is 5.73 Å². The van der Waals surface area contributed by atoms with Crippen LogP contribution in [0.4, 0.5) is 0 Å². The summed E-state index contributed by atoms with van der Waals surface area (Å²) in [5.74, 6) is 0. The fourth-order valence-corrected chi connectivity index (χ4v) is 1.28. The van der Waals surface area contributed by atoms with E-state index < -0.39 is 6.04 Å². The first-order chi connectivity index (χ1) is 5.65. The van der Waals surface area contributed by atoms with Gasteiger partial charge in [0.15, 0.2) is 0 Å². The lowest BCUT2D eigenvalue weighted by Crippen LogP contribution is -2.15. The molecule has 0 aliphatic rings. The van der Waals surface area contributed by atoms with Crippen molar-refractivity contribution in [2.45, 2.75) is 6.04 Å². The maximum atomic E-state index is 8.74. The van der Waals surface area contributed by atoms with E-state index in [0.29, 0.717) is 10.7 Å². The van der Waals surface area contributed by atoms with Crippen molar-refractivity contribution >= 4 is 23.2 Å². The molecule has 12 heavy (non-hydrogen) atoms. The van der Waals surface area contributed by atoms with Crippen molar-refractivity contribution in [3.05, 3.63) is 28.0 Å². The van der Waals surface area contributed by atoms with Gasteiger partial charge in [-0.25, -0.2) is 4.98 Å². The maximum absolute atomic E-state index is 8.74. The Morgan fingerprint density at radius 2 is 2.17 bits per heavy atom. The van der Waals surface area contributed by atoms with E-state index in [0.717, 1.165) is 0 Å². The van der Waals surface area contributed by atoms with Gasteiger partial charge >= 0.3 is 0 Å². The lowest BCUT2D eigenvalue weighted by molar-refractivity contribution is 0.268. The second-order valence-corrected chi connectivity index (χ2v) is 3.05. The molecular formula is C7H8Cl2N2O. The van der Waals surface area contributed by atoms with Crippen LogP contribution in [0.25, 0.3) is 0 Å². The second-order valence-electron chi connectivity index (χ2n) is 2.30. The summed E-state index contributed by atoms with van der Waals surface area (Å²) < 4.78 is 0. The Hall–Kier alpha value is -0.350. The first-order valence-corrected chi connectivity index (χ1v) is 4.09. The molecule has 1 heterocycles. The zero-order chi connectivity index (χ0) is 9.14. The van der Waals surface area contributed by atoms with E-state index in [-0.39, 0.29) is 11.8 Å². The van der Waals surface area contributed by atoms with E-state index in [1.54, 1.807) is 12.1 Å². The van der Waals surface area contributed by atoms with E-state index >= 15 is 0 Å². The van der Waals surface area contributed by atoms with Gasteiger partial charge in [0.05, 0.1) is 12.6 Å². The van der Waals surface area contributed by atoms with Crippen LogP contribution in [0.1, 0.15) is 11.6 Å². The minimum atomic E-state index is -0.498. The Morgan fingerprint density at radius 3 is 2.67 bits per heavy atom. The fraction of sp³-hybridized carbons (Fsp3) is 0.286. The second kappa shape index (κ2) is 4.05. The zero-order valence-corrected chi connectivity index (χ0v) is 7.68. The zero-order valence-electron chi connectivity index (χ0n) is 6.17. The Morgan fingerprint density at radius 1 is 1.50 bits per heavy atom. The van der Waals surface area contributed by atoms with Gasteiger partial charge in [-0.05, 0) is 6.07 Å². The van der Waals surface area contributed by atoms with Gasteiger partial charge in [0.25, 0.3) is 0 Å². The number of pyridine rings is 1. The summed E-state index contributed by atoms with van der Waals surface area (Å²) in [6.07, 6.45) is 0. The van der Waals surface area contributed by atoms with Crippen molar-refractivity contribution in [2.75, 3.05) is 6.61 Å². The molecule has 0 radical (unpaired) electrons. The molecule has 0 saturated carbocycles. The highest BCUT2D eigenvalue weighted by molar-refractivity contribution is 6.32. The summed E-state index contributed by atoms with van der Waals surface area (Å²) in [4.78, 5) is 3.78. The van der Waals surface area contributed by atoms with Crippen LogP contribution in [-0.4, -0.2) is 16.7 Å². The number of halogens is 2. The normalized spacial score (nSPS) is 13.0. The smallest absolute Gasteiger partial charge is 0.135 e. The average molecular weight is 207 g/mol. The highest BCUT2D eigenvalue weighted by Gasteiger charge is 2.09. The molecule has 0 fully saturated rings. The fourth-order valence-electron chi connectivity index (χ4n) is 0.798. The minimum absolute atomic E-state index is 0.164. The Balaban J connectivity index is 3.01. The molecule has 0 bridgehead atoms. The molecule has 1 atom stereocenters. The lowest BCUT2D eigenvalue weighted by Gasteiger charge is -2.09. The molecule has 3 N–H and O–H groups in total. The standard InChI is InChI=1S/C7H8Cl2N2O/c8-6-2-1-4(5(10)3-12)7(9)11-6/h1-2,5,12H,3,10H2/t5-/m1/s1. The number of aromatic nitrogens is 1. The van der Waals surface area contributed by atoms with Crippen LogP contribution in [-0.2, 0) is 0 Å². The number of nitrogens with zero attached hydrogens (tertiary/aromatic N) is 1.